The lowest BCUT2D eigenvalue weighted by atomic mass is 9.77. The number of tetrazole rings is 1. The Bertz CT molecular complexity index is 1190. The summed E-state index contributed by atoms with van der Waals surface area (Å²) in [5.74, 6) is 1.35. The number of piperidine rings is 1. The zero-order chi connectivity index (χ0) is 26.1. The van der Waals surface area contributed by atoms with Gasteiger partial charge >= 0.3 is 0 Å². The summed E-state index contributed by atoms with van der Waals surface area (Å²) in [6, 6.07) is 5.60. The monoisotopic (exact) mass is 497 g/mol. The summed E-state index contributed by atoms with van der Waals surface area (Å²) in [6.07, 6.45) is 4.56. The number of hydrogen-bond donors (Lipinski definition) is 2. The Labute approximate surface area is 211 Å². The summed E-state index contributed by atoms with van der Waals surface area (Å²) in [7, 11) is 3.75. The van der Waals surface area contributed by atoms with Crippen LogP contribution in [0.4, 0.5) is 21.8 Å². The largest absolute Gasteiger partial charge is 0.494 e. The van der Waals surface area contributed by atoms with Crippen molar-refractivity contribution in [1.82, 2.24) is 35.1 Å². The van der Waals surface area contributed by atoms with E-state index in [9.17, 15) is 4.39 Å². The number of methoxy groups -OCH3 is 1. The third-order valence-electron chi connectivity index (χ3n) is 7.06. The number of benzene rings is 1. The number of ether oxygens (including phenoxy) is 1. The van der Waals surface area contributed by atoms with Gasteiger partial charge in [-0.25, -0.2) is 9.37 Å². The molecule has 0 radical (unpaired) electrons. The van der Waals surface area contributed by atoms with E-state index in [0.717, 1.165) is 31.5 Å². The molecule has 0 aliphatic carbocycles. The Balaban J connectivity index is 1.57. The summed E-state index contributed by atoms with van der Waals surface area (Å²) < 4.78 is 21.9. The molecule has 194 valence electrons. The van der Waals surface area contributed by atoms with Gasteiger partial charge in [-0.3, -0.25) is 4.90 Å². The molecule has 0 saturated carbocycles. The molecule has 0 spiro atoms. The Hall–Kier alpha value is -3.34. The molecule has 1 saturated heterocycles. The fourth-order valence-electron chi connectivity index (χ4n) is 5.03. The van der Waals surface area contributed by atoms with Crippen molar-refractivity contribution in [1.29, 1.82) is 0 Å². The van der Waals surface area contributed by atoms with Crippen LogP contribution in [0.15, 0.2) is 24.4 Å². The number of likely N-dealkylation sites (tertiary alicyclic amines) is 1. The van der Waals surface area contributed by atoms with Crippen LogP contribution in [-0.2, 0) is 6.42 Å². The zero-order valence-corrected chi connectivity index (χ0v) is 22.1. The van der Waals surface area contributed by atoms with E-state index in [2.05, 4.69) is 82.7 Å². The van der Waals surface area contributed by atoms with Gasteiger partial charge in [0.15, 0.2) is 17.5 Å². The second kappa shape index (κ2) is 9.96. The van der Waals surface area contributed by atoms with Gasteiger partial charge in [-0.1, -0.05) is 6.92 Å². The van der Waals surface area contributed by atoms with Crippen molar-refractivity contribution in [3.63, 3.8) is 0 Å². The van der Waals surface area contributed by atoms with Gasteiger partial charge in [-0.05, 0) is 82.6 Å². The first kappa shape index (κ1) is 25.7. The van der Waals surface area contributed by atoms with E-state index in [1.165, 1.54) is 6.20 Å². The third kappa shape index (κ3) is 5.25. The van der Waals surface area contributed by atoms with E-state index in [1.54, 1.807) is 11.8 Å². The van der Waals surface area contributed by atoms with Gasteiger partial charge < -0.3 is 15.4 Å². The first-order valence-corrected chi connectivity index (χ1v) is 12.3. The van der Waals surface area contributed by atoms with Crippen molar-refractivity contribution in [3.05, 3.63) is 36.0 Å². The van der Waals surface area contributed by atoms with Gasteiger partial charge in [0.25, 0.3) is 0 Å². The molecule has 1 aliphatic heterocycles. The number of anilines is 3. The van der Waals surface area contributed by atoms with Crippen molar-refractivity contribution in [2.24, 2.45) is 0 Å². The smallest absolute Gasteiger partial charge is 0.229 e. The summed E-state index contributed by atoms with van der Waals surface area (Å²) in [6.45, 7) is 10.9. The number of aromatic nitrogens is 6. The molecule has 0 unspecified atom stereocenters. The minimum atomic E-state index is -0.483. The minimum Gasteiger partial charge on any atom is -0.494 e. The number of halogens is 1. The molecule has 1 fully saturated rings. The Morgan fingerprint density at radius 3 is 2.56 bits per heavy atom. The Kier molecular flexibility index (Phi) is 7.12. The zero-order valence-electron chi connectivity index (χ0n) is 22.1. The van der Waals surface area contributed by atoms with Gasteiger partial charge in [-0.2, -0.15) is 9.67 Å². The maximum absolute atomic E-state index is 14.7. The van der Waals surface area contributed by atoms with Crippen LogP contribution in [0.2, 0.25) is 0 Å². The molecule has 0 atom stereocenters. The highest BCUT2D eigenvalue weighted by molar-refractivity contribution is 5.63. The number of nitrogens with zero attached hydrogens (tertiary/aromatic N) is 7. The summed E-state index contributed by atoms with van der Waals surface area (Å²) in [5.41, 5.74) is 1.32. The predicted octanol–water partition coefficient (Wildman–Crippen LogP) is 4.36. The van der Waals surface area contributed by atoms with Gasteiger partial charge in [0.1, 0.15) is 11.4 Å². The van der Waals surface area contributed by atoms with Gasteiger partial charge in [-0.15, -0.1) is 5.10 Å². The fraction of sp³-hybridized carbons (Fsp3) is 0.560. The quantitative estimate of drug-likeness (QED) is 0.469. The maximum atomic E-state index is 14.7. The molecule has 0 bridgehead atoms. The van der Waals surface area contributed by atoms with Gasteiger partial charge in [0.2, 0.25) is 5.95 Å². The van der Waals surface area contributed by atoms with Crippen LogP contribution in [-0.4, -0.2) is 66.4 Å². The van der Waals surface area contributed by atoms with E-state index in [1.807, 2.05) is 18.2 Å². The normalized spacial score (nSPS) is 17.7. The van der Waals surface area contributed by atoms with Gasteiger partial charge in [0.05, 0.1) is 13.3 Å². The van der Waals surface area contributed by atoms with E-state index in [-0.39, 0.29) is 28.9 Å². The van der Waals surface area contributed by atoms with E-state index < -0.39 is 5.82 Å². The average molecular weight is 498 g/mol. The molecule has 36 heavy (non-hydrogen) atoms. The van der Waals surface area contributed by atoms with Crippen LogP contribution in [0.25, 0.3) is 5.69 Å². The highest BCUT2D eigenvalue weighted by Crippen LogP contribution is 2.38. The average Bonchev–Trinajstić information content (AvgIpc) is 3.27. The standard InChI is InChI=1S/C25H36FN9O/c1-8-9-21-31-32-33-35(21)19-12-16(10-11-20(19)36-7)29-23-27-15-18(26)22(30-23)28-17-13-24(2,3)34(6)25(4,5)14-17/h10-12,15,17H,8-9,13-14H2,1-7H3,(H2,27,28,29,30). The van der Waals surface area contributed by atoms with Crippen LogP contribution < -0.4 is 15.4 Å². The molecule has 1 aliphatic rings. The molecule has 2 aromatic heterocycles. The Morgan fingerprint density at radius 2 is 1.89 bits per heavy atom. The van der Waals surface area contributed by atoms with E-state index in [0.29, 0.717) is 17.1 Å². The lowest BCUT2D eigenvalue weighted by Crippen LogP contribution is -2.61. The summed E-state index contributed by atoms with van der Waals surface area (Å²) in [4.78, 5) is 11.0. The fourth-order valence-corrected chi connectivity index (χ4v) is 5.03. The lowest BCUT2D eigenvalue weighted by molar-refractivity contribution is -0.00778. The molecule has 4 rings (SSSR count). The maximum Gasteiger partial charge on any atom is 0.229 e. The van der Waals surface area contributed by atoms with Crippen molar-refractivity contribution in [3.8, 4) is 11.4 Å². The second-order valence-corrected chi connectivity index (χ2v) is 10.6. The van der Waals surface area contributed by atoms with Crippen LogP contribution >= 0.6 is 0 Å². The first-order chi connectivity index (χ1) is 17.0. The van der Waals surface area contributed by atoms with Crippen LogP contribution in [0.3, 0.4) is 0 Å². The molecule has 2 N–H and O–H groups in total. The van der Waals surface area contributed by atoms with Crippen molar-refractivity contribution in [2.75, 3.05) is 24.8 Å². The van der Waals surface area contributed by atoms with Crippen molar-refractivity contribution >= 4 is 17.5 Å². The van der Waals surface area contributed by atoms with E-state index >= 15 is 0 Å². The topological polar surface area (TPSA) is 106 Å². The van der Waals surface area contributed by atoms with Crippen molar-refractivity contribution < 1.29 is 9.13 Å². The minimum absolute atomic E-state index is 0.0314. The molecule has 3 heterocycles. The molecule has 10 nitrogen and oxygen atoms in total. The van der Waals surface area contributed by atoms with Crippen LogP contribution in [0.5, 0.6) is 5.75 Å². The van der Waals surface area contributed by atoms with Crippen LogP contribution in [0.1, 0.15) is 59.7 Å². The lowest BCUT2D eigenvalue weighted by Gasteiger charge is -2.53. The molecular weight excluding hydrogens is 461 g/mol. The number of aryl methyl sites for hydroxylation is 1. The number of rotatable bonds is 8. The number of nitrogens with one attached hydrogen (secondary N) is 2. The molecular formula is C25H36FN9O. The molecule has 1 aromatic carbocycles. The first-order valence-electron chi connectivity index (χ1n) is 12.3. The highest BCUT2D eigenvalue weighted by Gasteiger charge is 2.43. The SMILES string of the molecule is CCCc1nnnn1-c1cc(Nc2ncc(F)c(NC3CC(C)(C)N(C)C(C)(C)C3)n2)ccc1OC. The second-order valence-electron chi connectivity index (χ2n) is 10.6. The number of hydrogen-bond acceptors (Lipinski definition) is 9. The van der Waals surface area contributed by atoms with Crippen LogP contribution in [0, 0.1) is 5.82 Å². The van der Waals surface area contributed by atoms with Crippen molar-refractivity contribution in [2.45, 2.75) is 77.4 Å². The molecule has 0 amide bonds. The Morgan fingerprint density at radius 1 is 1.17 bits per heavy atom. The highest BCUT2D eigenvalue weighted by atomic mass is 19.1. The summed E-state index contributed by atoms with van der Waals surface area (Å²) >= 11 is 0. The molecule has 11 heteroatoms. The van der Waals surface area contributed by atoms with Gasteiger partial charge in [0, 0.05) is 29.2 Å². The van der Waals surface area contributed by atoms with E-state index in [4.69, 9.17) is 4.74 Å². The molecule has 3 aromatic rings. The third-order valence-corrected chi connectivity index (χ3v) is 7.06. The summed E-state index contributed by atoms with van der Waals surface area (Å²) in [5, 5.41) is 18.6. The predicted molar refractivity (Wildman–Crippen MR) is 138 cm³/mol.